The molecule has 0 radical (unpaired) electrons. The van der Waals surface area contributed by atoms with Crippen LogP contribution < -0.4 is 4.90 Å². The van der Waals surface area contributed by atoms with Crippen LogP contribution in [0.3, 0.4) is 0 Å². The molecule has 2 aliphatic rings. The van der Waals surface area contributed by atoms with Crippen LogP contribution in [0.2, 0.25) is 0 Å². The Hall–Kier alpha value is -2.72. The third-order valence-electron chi connectivity index (χ3n) is 6.24. The van der Waals surface area contributed by atoms with Crippen LogP contribution in [0.1, 0.15) is 24.0 Å². The van der Waals surface area contributed by atoms with Crippen LogP contribution in [0.25, 0.3) is 0 Å². The summed E-state index contributed by atoms with van der Waals surface area (Å²) in [5.74, 6) is 0.656. The summed E-state index contributed by atoms with van der Waals surface area (Å²) in [5, 5.41) is 11.0. The number of halogens is 3. The van der Waals surface area contributed by atoms with E-state index >= 15 is 0 Å². The smallest absolute Gasteiger partial charge is 0.385 e. The van der Waals surface area contributed by atoms with Crippen LogP contribution in [0, 0.1) is 0 Å². The molecule has 2 fully saturated rings. The summed E-state index contributed by atoms with van der Waals surface area (Å²) < 4.78 is 39.1. The van der Waals surface area contributed by atoms with E-state index in [1.807, 2.05) is 0 Å². The lowest BCUT2D eigenvalue weighted by Crippen LogP contribution is -2.52. The Morgan fingerprint density at radius 2 is 1.66 bits per heavy atom. The molecule has 3 heterocycles. The van der Waals surface area contributed by atoms with Crippen molar-refractivity contribution >= 4 is 11.9 Å². The van der Waals surface area contributed by atoms with Gasteiger partial charge in [0.05, 0.1) is 17.7 Å². The summed E-state index contributed by atoms with van der Waals surface area (Å²) in [5.41, 5.74) is -1.89. The second-order valence-corrected chi connectivity index (χ2v) is 8.30. The first-order valence-electron chi connectivity index (χ1n) is 10.7. The number of aromatic nitrogens is 2. The Morgan fingerprint density at radius 1 is 1.00 bits per heavy atom. The molecule has 0 spiro atoms. The lowest BCUT2D eigenvalue weighted by atomic mass is 9.83. The molecule has 0 bridgehead atoms. The minimum absolute atomic E-state index is 0.0273. The van der Waals surface area contributed by atoms with E-state index in [9.17, 15) is 23.1 Å². The van der Waals surface area contributed by atoms with E-state index in [-0.39, 0.29) is 30.9 Å². The molecule has 2 aliphatic heterocycles. The van der Waals surface area contributed by atoms with Gasteiger partial charge in [0.25, 0.3) is 0 Å². The Morgan fingerprint density at radius 3 is 2.28 bits per heavy atom. The van der Waals surface area contributed by atoms with Crippen LogP contribution in [0.15, 0.2) is 42.7 Å². The Kier molecular flexibility index (Phi) is 6.34. The maximum atomic E-state index is 13.0. The molecule has 10 heteroatoms. The molecule has 1 amide bonds. The summed E-state index contributed by atoms with van der Waals surface area (Å²) in [6.45, 7) is 3.79. The standard InChI is InChI=1S/C22H26F3N5O2/c23-22(24,25)18-4-1-3-17(15-18)21(32)5-9-29(10-6-21)19(31)16-28-11-13-30(14-12-28)20-26-7-2-8-27-20/h1-4,7-8,15,32H,5-6,9-14,16H2. The Bertz CT molecular complexity index is 925. The molecular weight excluding hydrogens is 423 g/mol. The maximum absolute atomic E-state index is 13.0. The normalized spacial score (nSPS) is 19.8. The fraction of sp³-hybridized carbons (Fsp3) is 0.500. The molecule has 2 aromatic rings. The molecule has 0 aliphatic carbocycles. The van der Waals surface area contributed by atoms with E-state index in [0.717, 1.165) is 25.2 Å². The van der Waals surface area contributed by atoms with Gasteiger partial charge in [0, 0.05) is 51.7 Å². The van der Waals surface area contributed by atoms with Crippen molar-refractivity contribution in [2.45, 2.75) is 24.6 Å². The van der Waals surface area contributed by atoms with Gasteiger partial charge in [-0.15, -0.1) is 0 Å². The SMILES string of the molecule is O=C(CN1CCN(c2ncccn2)CC1)N1CCC(O)(c2cccc(C(F)(F)F)c2)CC1. The molecular formula is C22H26F3N5O2. The highest BCUT2D eigenvalue weighted by Crippen LogP contribution is 2.36. The molecule has 0 atom stereocenters. The molecule has 0 saturated carbocycles. The molecule has 172 valence electrons. The fourth-order valence-corrected chi connectivity index (χ4v) is 4.25. The first-order valence-corrected chi connectivity index (χ1v) is 10.7. The van der Waals surface area contributed by atoms with E-state index in [0.29, 0.717) is 32.1 Å². The van der Waals surface area contributed by atoms with Crippen molar-refractivity contribution in [2.24, 2.45) is 0 Å². The first-order chi connectivity index (χ1) is 15.2. The van der Waals surface area contributed by atoms with E-state index in [2.05, 4.69) is 19.8 Å². The zero-order valence-electron chi connectivity index (χ0n) is 17.6. The van der Waals surface area contributed by atoms with Gasteiger partial charge in [-0.3, -0.25) is 9.69 Å². The van der Waals surface area contributed by atoms with Crippen molar-refractivity contribution in [3.05, 3.63) is 53.9 Å². The molecule has 32 heavy (non-hydrogen) atoms. The zero-order valence-corrected chi connectivity index (χ0v) is 17.6. The number of benzene rings is 1. The van der Waals surface area contributed by atoms with Gasteiger partial charge < -0.3 is 14.9 Å². The zero-order chi connectivity index (χ0) is 22.8. The van der Waals surface area contributed by atoms with Gasteiger partial charge in [-0.2, -0.15) is 13.2 Å². The largest absolute Gasteiger partial charge is 0.416 e. The van der Waals surface area contributed by atoms with Gasteiger partial charge in [0.1, 0.15) is 0 Å². The van der Waals surface area contributed by atoms with Crippen LogP contribution in [0.4, 0.5) is 19.1 Å². The summed E-state index contributed by atoms with van der Waals surface area (Å²) in [7, 11) is 0. The molecule has 1 aromatic carbocycles. The molecule has 1 N–H and O–H groups in total. The first kappa shape index (κ1) is 22.5. The predicted octanol–water partition coefficient (Wildman–Crippen LogP) is 2.13. The number of aliphatic hydroxyl groups is 1. The van der Waals surface area contributed by atoms with E-state index in [1.165, 1.54) is 12.1 Å². The van der Waals surface area contributed by atoms with Gasteiger partial charge in [-0.1, -0.05) is 12.1 Å². The van der Waals surface area contributed by atoms with Gasteiger partial charge in [0.2, 0.25) is 11.9 Å². The van der Waals surface area contributed by atoms with Gasteiger partial charge in [-0.05, 0) is 36.6 Å². The highest BCUT2D eigenvalue weighted by Gasteiger charge is 2.38. The van der Waals surface area contributed by atoms with E-state index in [1.54, 1.807) is 23.4 Å². The second-order valence-electron chi connectivity index (χ2n) is 8.30. The fourth-order valence-electron chi connectivity index (χ4n) is 4.25. The maximum Gasteiger partial charge on any atom is 0.416 e. The van der Waals surface area contributed by atoms with Gasteiger partial charge >= 0.3 is 6.18 Å². The van der Waals surface area contributed by atoms with Crippen molar-refractivity contribution in [3.8, 4) is 0 Å². The number of hydrogen-bond donors (Lipinski definition) is 1. The van der Waals surface area contributed by atoms with Crippen LogP contribution >= 0.6 is 0 Å². The van der Waals surface area contributed by atoms with Crippen LogP contribution in [0.5, 0.6) is 0 Å². The number of piperazine rings is 1. The minimum Gasteiger partial charge on any atom is -0.385 e. The number of rotatable bonds is 4. The van der Waals surface area contributed by atoms with Crippen molar-refractivity contribution in [3.63, 3.8) is 0 Å². The average molecular weight is 449 g/mol. The number of carbonyl (C=O) groups excluding carboxylic acids is 1. The average Bonchev–Trinajstić information content (AvgIpc) is 2.80. The third-order valence-corrected chi connectivity index (χ3v) is 6.24. The topological polar surface area (TPSA) is 72.8 Å². The van der Waals surface area contributed by atoms with Crippen LogP contribution in [-0.2, 0) is 16.6 Å². The molecule has 2 saturated heterocycles. The number of piperidine rings is 1. The number of nitrogens with zero attached hydrogens (tertiary/aromatic N) is 5. The second kappa shape index (κ2) is 9.03. The van der Waals surface area contributed by atoms with Crippen molar-refractivity contribution in [2.75, 3.05) is 50.7 Å². The molecule has 7 nitrogen and oxygen atoms in total. The Balaban J connectivity index is 1.29. The number of anilines is 1. The van der Waals surface area contributed by atoms with Crippen molar-refractivity contribution in [1.82, 2.24) is 19.8 Å². The van der Waals surface area contributed by atoms with Crippen molar-refractivity contribution in [1.29, 1.82) is 0 Å². The third kappa shape index (κ3) is 5.02. The number of carbonyl (C=O) groups is 1. The number of amides is 1. The summed E-state index contributed by atoms with van der Waals surface area (Å²) in [4.78, 5) is 27.1. The van der Waals surface area contributed by atoms with Crippen molar-refractivity contribution < 1.29 is 23.1 Å². The molecule has 4 rings (SSSR count). The summed E-state index contributed by atoms with van der Waals surface area (Å²) in [6, 6.07) is 6.60. The number of likely N-dealkylation sites (tertiary alicyclic amines) is 1. The highest BCUT2D eigenvalue weighted by atomic mass is 19.4. The summed E-state index contributed by atoms with van der Waals surface area (Å²) in [6.07, 6.45) is -0.637. The van der Waals surface area contributed by atoms with Gasteiger partial charge in [-0.25, -0.2) is 9.97 Å². The minimum atomic E-state index is -4.46. The number of alkyl halides is 3. The lowest BCUT2D eigenvalue weighted by molar-refractivity contribution is -0.137. The molecule has 0 unspecified atom stereocenters. The summed E-state index contributed by atoms with van der Waals surface area (Å²) >= 11 is 0. The van der Waals surface area contributed by atoms with E-state index in [4.69, 9.17) is 0 Å². The molecule has 1 aromatic heterocycles. The highest BCUT2D eigenvalue weighted by molar-refractivity contribution is 5.78. The van der Waals surface area contributed by atoms with E-state index < -0.39 is 17.3 Å². The van der Waals surface area contributed by atoms with Crippen LogP contribution in [-0.4, -0.2) is 76.6 Å². The Labute approximate surface area is 184 Å². The predicted molar refractivity (Wildman–Crippen MR) is 112 cm³/mol. The van der Waals surface area contributed by atoms with Gasteiger partial charge in [0.15, 0.2) is 0 Å². The lowest BCUT2D eigenvalue weighted by Gasteiger charge is -2.40. The quantitative estimate of drug-likeness (QED) is 0.771. The number of hydrogen-bond acceptors (Lipinski definition) is 6. The monoisotopic (exact) mass is 449 g/mol.